The molecule has 0 aliphatic carbocycles. The van der Waals surface area contributed by atoms with E-state index in [2.05, 4.69) is 20.9 Å². The number of aromatic nitrogens is 3. The molecule has 3 heterocycles. The lowest BCUT2D eigenvalue weighted by molar-refractivity contribution is -0.127. The molecular formula is C19H19N5O3S. The number of nitrogens with one attached hydrogen (secondary N) is 2. The van der Waals surface area contributed by atoms with Crippen molar-refractivity contribution in [3.63, 3.8) is 0 Å². The number of hydrogen-bond donors (Lipinski definition) is 2. The van der Waals surface area contributed by atoms with Crippen LogP contribution in [0.25, 0.3) is 0 Å². The highest BCUT2D eigenvalue weighted by atomic mass is 32.1. The lowest BCUT2D eigenvalue weighted by Crippen LogP contribution is -2.38. The van der Waals surface area contributed by atoms with Crippen LogP contribution in [0.5, 0.6) is 5.75 Å². The van der Waals surface area contributed by atoms with Gasteiger partial charge >= 0.3 is 0 Å². The van der Waals surface area contributed by atoms with E-state index >= 15 is 0 Å². The number of carbonyl (C=O) groups excluding carboxylic acids is 2. The summed E-state index contributed by atoms with van der Waals surface area (Å²) in [7, 11) is 0. The number of rotatable bonds is 7. The summed E-state index contributed by atoms with van der Waals surface area (Å²) in [5.74, 6) is 0.322. The van der Waals surface area contributed by atoms with Crippen molar-refractivity contribution < 1.29 is 14.3 Å². The maximum Gasteiger partial charge on any atom is 0.273 e. The molecular weight excluding hydrogens is 378 g/mol. The Balaban J connectivity index is 1.21. The standard InChI is InChI=1S/C19H19N5O3S/c25-18(21-11-14-5-3-9-28-14)15-12-24(23-22-15)8-7-20-19(26)17-10-13-4-1-2-6-16(13)27-17/h1-6,9,12,17H,7-8,10-11H2,(H,20,26)(H,21,25). The normalized spacial score (nSPS) is 14.9. The van der Waals surface area contributed by atoms with E-state index in [-0.39, 0.29) is 17.5 Å². The lowest BCUT2D eigenvalue weighted by Gasteiger charge is -2.11. The first kappa shape index (κ1) is 18.2. The van der Waals surface area contributed by atoms with Crippen molar-refractivity contribution in [1.29, 1.82) is 0 Å². The highest BCUT2D eigenvalue weighted by Crippen LogP contribution is 2.28. The van der Waals surface area contributed by atoms with Crippen molar-refractivity contribution in [2.75, 3.05) is 6.54 Å². The first-order valence-corrected chi connectivity index (χ1v) is 9.80. The zero-order valence-corrected chi connectivity index (χ0v) is 15.8. The fourth-order valence-electron chi connectivity index (χ4n) is 2.92. The molecule has 0 radical (unpaired) electrons. The molecule has 4 rings (SSSR count). The van der Waals surface area contributed by atoms with E-state index in [4.69, 9.17) is 4.74 Å². The lowest BCUT2D eigenvalue weighted by atomic mass is 10.1. The minimum absolute atomic E-state index is 0.162. The zero-order valence-electron chi connectivity index (χ0n) is 15.0. The average Bonchev–Trinajstić information content (AvgIpc) is 3.46. The van der Waals surface area contributed by atoms with Crippen molar-refractivity contribution >= 4 is 23.2 Å². The topological polar surface area (TPSA) is 98.1 Å². The molecule has 1 aliphatic rings. The summed E-state index contributed by atoms with van der Waals surface area (Å²) in [6, 6.07) is 11.5. The van der Waals surface area contributed by atoms with Crippen LogP contribution in [0.2, 0.25) is 0 Å². The molecule has 1 aromatic carbocycles. The second kappa shape index (κ2) is 8.22. The molecule has 2 amide bonds. The van der Waals surface area contributed by atoms with Gasteiger partial charge in [0.2, 0.25) is 0 Å². The number of para-hydroxylation sites is 1. The summed E-state index contributed by atoms with van der Waals surface area (Å²) < 4.78 is 7.20. The molecule has 0 saturated heterocycles. The molecule has 0 spiro atoms. The van der Waals surface area contributed by atoms with Crippen LogP contribution in [0.15, 0.2) is 48.0 Å². The van der Waals surface area contributed by atoms with E-state index in [1.54, 1.807) is 17.5 Å². The third kappa shape index (κ3) is 4.20. The number of nitrogens with zero attached hydrogens (tertiary/aromatic N) is 3. The fourth-order valence-corrected chi connectivity index (χ4v) is 3.56. The van der Waals surface area contributed by atoms with Crippen LogP contribution >= 0.6 is 11.3 Å². The number of ether oxygens (including phenoxy) is 1. The summed E-state index contributed by atoms with van der Waals surface area (Å²) >= 11 is 1.58. The zero-order chi connectivity index (χ0) is 19.3. The van der Waals surface area contributed by atoms with Gasteiger partial charge in [-0.2, -0.15) is 0 Å². The highest BCUT2D eigenvalue weighted by Gasteiger charge is 2.28. The molecule has 0 saturated carbocycles. The van der Waals surface area contributed by atoms with Gasteiger partial charge in [0.1, 0.15) is 5.75 Å². The molecule has 9 heteroatoms. The molecule has 144 valence electrons. The third-order valence-electron chi connectivity index (χ3n) is 4.35. The third-order valence-corrected chi connectivity index (χ3v) is 5.23. The van der Waals surface area contributed by atoms with Gasteiger partial charge in [-0.15, -0.1) is 16.4 Å². The van der Waals surface area contributed by atoms with Gasteiger partial charge in [0.15, 0.2) is 11.8 Å². The molecule has 8 nitrogen and oxygen atoms in total. The molecule has 28 heavy (non-hydrogen) atoms. The Morgan fingerprint density at radius 1 is 1.21 bits per heavy atom. The van der Waals surface area contributed by atoms with E-state index in [1.807, 2.05) is 41.8 Å². The number of benzene rings is 1. The Morgan fingerprint density at radius 3 is 2.93 bits per heavy atom. The molecule has 1 unspecified atom stereocenters. The van der Waals surface area contributed by atoms with Crippen molar-refractivity contribution in [3.8, 4) is 5.75 Å². The van der Waals surface area contributed by atoms with Crippen LogP contribution in [0.1, 0.15) is 20.9 Å². The summed E-state index contributed by atoms with van der Waals surface area (Å²) in [6.07, 6.45) is 1.63. The summed E-state index contributed by atoms with van der Waals surface area (Å²) in [4.78, 5) is 25.4. The van der Waals surface area contributed by atoms with E-state index < -0.39 is 6.10 Å². The van der Waals surface area contributed by atoms with Crippen molar-refractivity contribution in [2.45, 2.75) is 25.6 Å². The van der Waals surface area contributed by atoms with Crippen LogP contribution in [0.3, 0.4) is 0 Å². The molecule has 2 N–H and O–H groups in total. The van der Waals surface area contributed by atoms with Crippen LogP contribution < -0.4 is 15.4 Å². The molecule has 1 aliphatic heterocycles. The Kier molecular flexibility index (Phi) is 5.34. The van der Waals surface area contributed by atoms with E-state index in [9.17, 15) is 9.59 Å². The minimum Gasteiger partial charge on any atom is -0.480 e. The van der Waals surface area contributed by atoms with Gasteiger partial charge in [0.25, 0.3) is 11.8 Å². The van der Waals surface area contributed by atoms with Crippen LogP contribution in [-0.2, 0) is 24.3 Å². The van der Waals surface area contributed by atoms with Gasteiger partial charge in [0.05, 0.1) is 19.3 Å². The number of carbonyl (C=O) groups is 2. The van der Waals surface area contributed by atoms with Crippen molar-refractivity contribution in [1.82, 2.24) is 25.6 Å². The minimum atomic E-state index is -0.508. The first-order chi connectivity index (χ1) is 13.7. The Hall–Kier alpha value is -3.20. The van der Waals surface area contributed by atoms with E-state index in [1.165, 1.54) is 4.68 Å². The summed E-state index contributed by atoms with van der Waals surface area (Å²) in [5, 5.41) is 15.4. The van der Waals surface area contributed by atoms with Crippen LogP contribution in [-0.4, -0.2) is 39.5 Å². The number of amides is 2. The monoisotopic (exact) mass is 397 g/mol. The largest absolute Gasteiger partial charge is 0.480 e. The predicted molar refractivity (Wildman–Crippen MR) is 103 cm³/mol. The van der Waals surface area contributed by atoms with Gasteiger partial charge in [-0.25, -0.2) is 4.68 Å². The van der Waals surface area contributed by atoms with Gasteiger partial charge in [0, 0.05) is 17.8 Å². The average molecular weight is 397 g/mol. The highest BCUT2D eigenvalue weighted by molar-refractivity contribution is 7.09. The Labute approximate surface area is 165 Å². The quantitative estimate of drug-likeness (QED) is 0.628. The molecule has 0 bridgehead atoms. The molecule has 0 fully saturated rings. The number of fused-ring (bicyclic) bond motifs is 1. The van der Waals surface area contributed by atoms with Gasteiger partial charge in [-0.1, -0.05) is 29.5 Å². The second-order valence-corrected chi connectivity index (χ2v) is 7.37. The second-order valence-electron chi connectivity index (χ2n) is 6.34. The fraction of sp³-hybridized carbons (Fsp3) is 0.263. The number of thiophene rings is 1. The number of hydrogen-bond acceptors (Lipinski definition) is 6. The summed E-state index contributed by atoms with van der Waals surface area (Å²) in [6.45, 7) is 1.24. The van der Waals surface area contributed by atoms with Gasteiger partial charge in [-0.3, -0.25) is 9.59 Å². The van der Waals surface area contributed by atoms with Crippen LogP contribution in [0, 0.1) is 0 Å². The van der Waals surface area contributed by atoms with Gasteiger partial charge < -0.3 is 15.4 Å². The Morgan fingerprint density at radius 2 is 2.11 bits per heavy atom. The molecule has 2 aromatic heterocycles. The SMILES string of the molecule is O=C(NCc1cccs1)c1cn(CCNC(=O)C2Cc3ccccc3O2)nn1. The van der Waals surface area contributed by atoms with E-state index in [0.29, 0.717) is 26.1 Å². The maximum atomic E-state index is 12.3. The molecule has 3 aromatic rings. The van der Waals surface area contributed by atoms with Crippen molar-refractivity contribution in [3.05, 3.63) is 64.1 Å². The first-order valence-electron chi connectivity index (χ1n) is 8.92. The summed E-state index contributed by atoms with van der Waals surface area (Å²) in [5.41, 5.74) is 1.29. The predicted octanol–water partition coefficient (Wildman–Crippen LogP) is 1.39. The van der Waals surface area contributed by atoms with Crippen molar-refractivity contribution in [2.24, 2.45) is 0 Å². The van der Waals surface area contributed by atoms with Gasteiger partial charge in [-0.05, 0) is 23.1 Å². The molecule has 1 atom stereocenters. The Bertz CT molecular complexity index is 945. The van der Waals surface area contributed by atoms with Crippen LogP contribution in [0.4, 0.5) is 0 Å². The maximum absolute atomic E-state index is 12.3. The smallest absolute Gasteiger partial charge is 0.273 e. The van der Waals surface area contributed by atoms with E-state index in [0.717, 1.165) is 16.2 Å².